The summed E-state index contributed by atoms with van der Waals surface area (Å²) in [5.74, 6) is 0.818. The monoisotopic (exact) mass is 309 g/mol. The van der Waals surface area contributed by atoms with Crippen molar-refractivity contribution in [2.24, 2.45) is 0 Å². The van der Waals surface area contributed by atoms with E-state index in [1.165, 1.54) is 0 Å². The molecule has 0 aromatic heterocycles. The average Bonchev–Trinajstić information content (AvgIpc) is 2.44. The molecule has 2 unspecified atom stereocenters. The van der Waals surface area contributed by atoms with Crippen LogP contribution in [0, 0.1) is 0 Å². The lowest BCUT2D eigenvalue weighted by Crippen LogP contribution is -2.43. The Labute approximate surface area is 132 Å². The van der Waals surface area contributed by atoms with E-state index in [1.807, 2.05) is 37.3 Å². The molecule has 0 radical (unpaired) electrons. The third kappa shape index (κ3) is 4.88. The smallest absolute Gasteiger partial charge is 0.127 e. The molecule has 0 aliphatic carbocycles. The first-order valence-electron chi connectivity index (χ1n) is 7.12. The van der Waals surface area contributed by atoms with Crippen LogP contribution in [0.1, 0.15) is 20.8 Å². The van der Waals surface area contributed by atoms with Gasteiger partial charge in [0.2, 0.25) is 0 Å². The highest BCUT2D eigenvalue weighted by molar-refractivity contribution is 5.88. The quantitative estimate of drug-likeness (QED) is 0.859. The van der Waals surface area contributed by atoms with Gasteiger partial charge in [-0.2, -0.15) is 0 Å². The number of aliphatic hydroxyl groups is 1. The first kappa shape index (κ1) is 17.8. The predicted molar refractivity (Wildman–Crippen MR) is 90.4 cm³/mol. The van der Waals surface area contributed by atoms with Gasteiger partial charge in [-0.3, -0.25) is 0 Å². The minimum Gasteiger partial charge on any atom is -0.490 e. The van der Waals surface area contributed by atoms with E-state index in [0.29, 0.717) is 6.04 Å². The zero-order valence-electron chi connectivity index (χ0n) is 12.7. The van der Waals surface area contributed by atoms with Crippen molar-refractivity contribution in [1.29, 1.82) is 0 Å². The van der Waals surface area contributed by atoms with E-state index in [-0.39, 0.29) is 25.1 Å². The second-order valence-electron chi connectivity index (χ2n) is 5.47. The lowest BCUT2D eigenvalue weighted by atomic mass is 10.1. The zero-order chi connectivity index (χ0) is 14.5. The van der Waals surface area contributed by atoms with E-state index >= 15 is 0 Å². The molecule has 2 atom stereocenters. The molecule has 0 aliphatic heterocycles. The van der Waals surface area contributed by atoms with E-state index < -0.39 is 6.10 Å². The molecule has 0 fully saturated rings. The molecule has 0 saturated carbocycles. The van der Waals surface area contributed by atoms with Crippen LogP contribution in [0.2, 0.25) is 0 Å². The van der Waals surface area contributed by atoms with Gasteiger partial charge in [-0.1, -0.05) is 50.2 Å². The molecule has 2 N–H and O–H groups in total. The Balaban J connectivity index is 0.00000220. The minimum atomic E-state index is -0.531. The molecule has 0 bridgehead atoms. The third-order valence-corrected chi connectivity index (χ3v) is 3.33. The summed E-state index contributed by atoms with van der Waals surface area (Å²) in [6, 6.07) is 14.4. The van der Waals surface area contributed by atoms with Gasteiger partial charge < -0.3 is 15.2 Å². The highest BCUT2D eigenvalue weighted by Crippen LogP contribution is 2.25. The van der Waals surface area contributed by atoms with Gasteiger partial charge in [0, 0.05) is 17.5 Å². The van der Waals surface area contributed by atoms with Gasteiger partial charge in [0.1, 0.15) is 18.5 Å². The number of aliphatic hydroxyl groups excluding tert-OH is 1. The first-order valence-corrected chi connectivity index (χ1v) is 7.12. The molecule has 0 amide bonds. The Morgan fingerprint density at radius 1 is 1.05 bits per heavy atom. The fourth-order valence-corrected chi connectivity index (χ4v) is 2.28. The molecular weight excluding hydrogens is 286 g/mol. The van der Waals surface area contributed by atoms with Gasteiger partial charge in [-0.25, -0.2) is 0 Å². The fourth-order valence-electron chi connectivity index (χ4n) is 2.28. The second kappa shape index (κ2) is 8.23. The van der Waals surface area contributed by atoms with Crippen LogP contribution >= 0.6 is 12.4 Å². The molecule has 0 saturated heterocycles. The molecule has 4 heteroatoms. The highest BCUT2D eigenvalue weighted by atomic mass is 35.5. The van der Waals surface area contributed by atoms with Gasteiger partial charge in [0.15, 0.2) is 0 Å². The van der Waals surface area contributed by atoms with Gasteiger partial charge in [-0.15, -0.1) is 12.4 Å². The zero-order valence-corrected chi connectivity index (χ0v) is 13.6. The van der Waals surface area contributed by atoms with Crippen LogP contribution in [0.25, 0.3) is 10.8 Å². The number of hydrogen-bond acceptors (Lipinski definition) is 3. The second-order valence-corrected chi connectivity index (χ2v) is 5.47. The van der Waals surface area contributed by atoms with Crippen molar-refractivity contribution in [2.75, 3.05) is 6.61 Å². The number of fused-ring (bicyclic) bond motifs is 1. The molecule has 2 rings (SSSR count). The van der Waals surface area contributed by atoms with E-state index in [9.17, 15) is 5.11 Å². The molecule has 21 heavy (non-hydrogen) atoms. The lowest BCUT2D eigenvalue weighted by Gasteiger charge is -2.23. The summed E-state index contributed by atoms with van der Waals surface area (Å²) >= 11 is 0. The molecule has 0 spiro atoms. The summed E-state index contributed by atoms with van der Waals surface area (Å²) in [5.41, 5.74) is 0. The minimum absolute atomic E-state index is 0. The fraction of sp³-hybridized carbons (Fsp3) is 0.412. The van der Waals surface area contributed by atoms with Gasteiger partial charge in [0.25, 0.3) is 0 Å². The number of hydrogen-bond donors (Lipinski definition) is 2. The molecule has 0 heterocycles. The van der Waals surface area contributed by atoms with Crippen molar-refractivity contribution < 1.29 is 9.84 Å². The van der Waals surface area contributed by atoms with Crippen molar-refractivity contribution in [2.45, 2.75) is 39.0 Å². The topological polar surface area (TPSA) is 41.5 Å². The third-order valence-electron chi connectivity index (χ3n) is 3.33. The van der Waals surface area contributed by atoms with Crippen LogP contribution in [-0.2, 0) is 0 Å². The molecule has 116 valence electrons. The maximum Gasteiger partial charge on any atom is 0.127 e. The summed E-state index contributed by atoms with van der Waals surface area (Å²) in [6.07, 6.45) is -0.531. The predicted octanol–water partition coefficient (Wildman–Crippen LogP) is 3.39. The number of nitrogens with one attached hydrogen (secondary N) is 1. The summed E-state index contributed by atoms with van der Waals surface area (Å²) in [4.78, 5) is 0. The summed E-state index contributed by atoms with van der Waals surface area (Å²) in [7, 11) is 0. The summed E-state index contributed by atoms with van der Waals surface area (Å²) in [5, 5.41) is 15.6. The number of benzene rings is 2. The van der Waals surface area contributed by atoms with E-state index in [4.69, 9.17) is 4.74 Å². The van der Waals surface area contributed by atoms with Crippen LogP contribution in [-0.4, -0.2) is 29.9 Å². The van der Waals surface area contributed by atoms with Crippen LogP contribution < -0.4 is 10.1 Å². The van der Waals surface area contributed by atoms with Crippen LogP contribution in [0.15, 0.2) is 42.5 Å². The van der Waals surface area contributed by atoms with E-state index in [2.05, 4.69) is 31.3 Å². The van der Waals surface area contributed by atoms with E-state index in [1.54, 1.807) is 0 Å². The normalized spacial score (nSPS) is 13.8. The van der Waals surface area contributed by atoms with Crippen molar-refractivity contribution in [1.82, 2.24) is 5.32 Å². The van der Waals surface area contributed by atoms with Crippen LogP contribution in [0.5, 0.6) is 5.75 Å². The number of ether oxygens (including phenoxy) is 1. The van der Waals surface area contributed by atoms with Crippen molar-refractivity contribution in [3.8, 4) is 5.75 Å². The Kier molecular flexibility index (Phi) is 6.96. The molecule has 0 aliphatic rings. The van der Waals surface area contributed by atoms with Crippen LogP contribution in [0.4, 0.5) is 0 Å². The van der Waals surface area contributed by atoms with Crippen molar-refractivity contribution in [3.05, 3.63) is 42.5 Å². The molecule has 2 aromatic carbocycles. The Hall–Kier alpha value is -1.29. The van der Waals surface area contributed by atoms with Gasteiger partial charge in [-0.05, 0) is 18.4 Å². The number of halogens is 1. The first-order chi connectivity index (χ1) is 9.58. The number of rotatable bonds is 6. The maximum atomic E-state index is 10.1. The average molecular weight is 310 g/mol. The van der Waals surface area contributed by atoms with Gasteiger partial charge >= 0.3 is 0 Å². The Morgan fingerprint density at radius 2 is 1.71 bits per heavy atom. The lowest BCUT2D eigenvalue weighted by molar-refractivity contribution is 0.0766. The van der Waals surface area contributed by atoms with Gasteiger partial charge in [0.05, 0.1) is 0 Å². The molecule has 2 aromatic rings. The van der Waals surface area contributed by atoms with Crippen LogP contribution in [0.3, 0.4) is 0 Å². The van der Waals surface area contributed by atoms with Crippen molar-refractivity contribution in [3.63, 3.8) is 0 Å². The van der Waals surface area contributed by atoms with Crippen molar-refractivity contribution >= 4 is 23.2 Å². The standard InChI is InChI=1S/C17H23NO2.ClH/c1-12(2)18-13(3)16(19)11-20-17-10-6-8-14-7-4-5-9-15(14)17;/h4-10,12-13,16,18-19H,11H2,1-3H3;1H. The summed E-state index contributed by atoms with van der Waals surface area (Å²) < 4.78 is 5.79. The molecule has 3 nitrogen and oxygen atoms in total. The highest BCUT2D eigenvalue weighted by Gasteiger charge is 2.15. The largest absolute Gasteiger partial charge is 0.490 e. The summed E-state index contributed by atoms with van der Waals surface area (Å²) in [6.45, 7) is 6.38. The maximum absolute atomic E-state index is 10.1. The molecular formula is C17H24ClNO2. The SMILES string of the molecule is CC(C)NC(C)C(O)COc1cccc2ccccc12.Cl. The Morgan fingerprint density at radius 3 is 2.43 bits per heavy atom. The Bertz CT molecular complexity index is 554. The van der Waals surface area contributed by atoms with E-state index in [0.717, 1.165) is 16.5 Å².